The van der Waals surface area contributed by atoms with Crippen LogP contribution in [-0.4, -0.2) is 56.5 Å². The van der Waals surface area contributed by atoms with Gasteiger partial charge < -0.3 is 19.5 Å². The maximum atomic E-state index is 12.7. The smallest absolute Gasteiger partial charge is 0.254 e. The summed E-state index contributed by atoms with van der Waals surface area (Å²) < 4.78 is 5.76. The average molecular weight is 379 g/mol. The number of aromatic nitrogens is 2. The summed E-state index contributed by atoms with van der Waals surface area (Å²) >= 11 is 0. The van der Waals surface area contributed by atoms with E-state index in [0.29, 0.717) is 29.3 Å². The molecule has 1 aliphatic heterocycles. The van der Waals surface area contributed by atoms with Crippen molar-refractivity contribution in [3.8, 4) is 22.9 Å². The zero-order valence-corrected chi connectivity index (χ0v) is 15.4. The third kappa shape index (κ3) is 3.54. The van der Waals surface area contributed by atoms with Crippen LogP contribution in [0.1, 0.15) is 22.3 Å². The zero-order valence-electron chi connectivity index (χ0n) is 15.4. The second kappa shape index (κ2) is 7.53. The van der Waals surface area contributed by atoms with Gasteiger partial charge in [-0.3, -0.25) is 4.79 Å². The number of aryl methyl sites for hydroxylation is 1. The number of aliphatic hydroxyl groups excluding tert-OH is 2. The van der Waals surface area contributed by atoms with Gasteiger partial charge in [-0.2, -0.15) is 0 Å². The maximum absolute atomic E-state index is 12.7. The van der Waals surface area contributed by atoms with Crippen molar-refractivity contribution < 1.29 is 19.4 Å². The van der Waals surface area contributed by atoms with E-state index in [1.165, 1.54) is 4.90 Å². The van der Waals surface area contributed by atoms with Crippen molar-refractivity contribution in [2.24, 2.45) is 0 Å². The molecule has 1 aromatic heterocycles. The van der Waals surface area contributed by atoms with Gasteiger partial charge in [-0.05, 0) is 49.7 Å². The quantitative estimate of drug-likeness (QED) is 0.721. The minimum Gasteiger partial charge on any atom is -0.416 e. The summed E-state index contributed by atoms with van der Waals surface area (Å²) in [6.07, 6.45) is -0.205. The first-order valence-corrected chi connectivity index (χ1v) is 9.16. The number of hydrogen-bond donors (Lipinski definition) is 2. The van der Waals surface area contributed by atoms with E-state index < -0.39 is 6.10 Å². The Kier molecular flexibility index (Phi) is 4.93. The topological polar surface area (TPSA) is 99.7 Å². The van der Waals surface area contributed by atoms with Crippen LogP contribution in [0.15, 0.2) is 52.9 Å². The predicted octanol–water partition coefficient (Wildman–Crippen LogP) is 2.28. The van der Waals surface area contributed by atoms with E-state index in [1.54, 1.807) is 24.3 Å². The molecule has 3 aromatic rings. The lowest BCUT2D eigenvalue weighted by atomic mass is 10.1. The third-order valence-electron chi connectivity index (χ3n) is 4.97. The second-order valence-electron chi connectivity index (χ2n) is 7.04. The Bertz CT molecular complexity index is 966. The Morgan fingerprint density at radius 1 is 1.07 bits per heavy atom. The summed E-state index contributed by atoms with van der Waals surface area (Å²) in [5.74, 6) is 0.597. The van der Waals surface area contributed by atoms with E-state index in [4.69, 9.17) is 4.42 Å². The SMILES string of the molecule is Cc1ccc(-c2nnc(-c3ccc(C(=O)N4C[C@@H](O)C[C@@H]4CO)cc3)o2)cc1. The molecule has 7 nitrogen and oxygen atoms in total. The number of carbonyl (C=O) groups excluding carboxylic acids is 1. The van der Waals surface area contributed by atoms with Crippen LogP contribution in [0.5, 0.6) is 0 Å². The first kappa shape index (κ1) is 18.3. The summed E-state index contributed by atoms with van der Waals surface area (Å²) in [7, 11) is 0. The van der Waals surface area contributed by atoms with Crippen molar-refractivity contribution in [2.75, 3.05) is 13.2 Å². The molecule has 0 radical (unpaired) electrons. The molecule has 1 saturated heterocycles. The standard InChI is InChI=1S/C21H21N3O4/c1-13-2-4-14(5-3-13)19-22-23-20(28-19)15-6-8-16(9-7-15)21(27)24-11-18(26)10-17(24)12-25/h2-9,17-18,25-26H,10-12H2,1H3/t17-,18+/m1/s1. The Balaban J connectivity index is 1.52. The van der Waals surface area contributed by atoms with Gasteiger partial charge in [-0.1, -0.05) is 17.7 Å². The van der Waals surface area contributed by atoms with Crippen LogP contribution in [0.2, 0.25) is 0 Å². The molecule has 144 valence electrons. The first-order chi connectivity index (χ1) is 13.5. The number of aliphatic hydroxyl groups is 2. The highest BCUT2D eigenvalue weighted by Crippen LogP contribution is 2.25. The molecule has 0 unspecified atom stereocenters. The number of likely N-dealkylation sites (tertiary alicyclic amines) is 1. The van der Waals surface area contributed by atoms with Crippen molar-refractivity contribution >= 4 is 5.91 Å². The molecule has 4 rings (SSSR count). The molecule has 2 heterocycles. The fourth-order valence-corrected chi connectivity index (χ4v) is 3.39. The molecule has 1 aliphatic rings. The number of rotatable bonds is 4. The third-order valence-corrected chi connectivity index (χ3v) is 4.97. The van der Waals surface area contributed by atoms with E-state index in [-0.39, 0.29) is 25.1 Å². The van der Waals surface area contributed by atoms with Crippen molar-refractivity contribution in [2.45, 2.75) is 25.5 Å². The Morgan fingerprint density at radius 2 is 1.64 bits per heavy atom. The van der Waals surface area contributed by atoms with Crippen molar-refractivity contribution in [3.63, 3.8) is 0 Å². The van der Waals surface area contributed by atoms with Gasteiger partial charge in [0.1, 0.15) is 0 Å². The van der Waals surface area contributed by atoms with Crippen LogP contribution >= 0.6 is 0 Å². The molecule has 28 heavy (non-hydrogen) atoms. The van der Waals surface area contributed by atoms with E-state index >= 15 is 0 Å². The molecule has 0 spiro atoms. The molecule has 7 heteroatoms. The van der Waals surface area contributed by atoms with Crippen molar-refractivity contribution in [1.29, 1.82) is 0 Å². The first-order valence-electron chi connectivity index (χ1n) is 9.16. The Hall–Kier alpha value is -3.03. The van der Waals surface area contributed by atoms with Gasteiger partial charge in [-0.15, -0.1) is 10.2 Å². The van der Waals surface area contributed by atoms with E-state index in [1.807, 2.05) is 31.2 Å². The van der Waals surface area contributed by atoms with Gasteiger partial charge in [0.05, 0.1) is 18.8 Å². The number of amides is 1. The predicted molar refractivity (Wildman–Crippen MR) is 102 cm³/mol. The zero-order chi connectivity index (χ0) is 19.7. The summed E-state index contributed by atoms with van der Waals surface area (Å²) in [6, 6.07) is 14.3. The summed E-state index contributed by atoms with van der Waals surface area (Å²) in [5.41, 5.74) is 3.19. The molecule has 2 aromatic carbocycles. The Morgan fingerprint density at radius 3 is 2.21 bits per heavy atom. The van der Waals surface area contributed by atoms with Gasteiger partial charge in [-0.25, -0.2) is 0 Å². The van der Waals surface area contributed by atoms with Crippen molar-refractivity contribution in [1.82, 2.24) is 15.1 Å². The number of benzene rings is 2. The lowest BCUT2D eigenvalue weighted by Crippen LogP contribution is -2.37. The number of hydrogen-bond acceptors (Lipinski definition) is 6. The lowest BCUT2D eigenvalue weighted by Gasteiger charge is -2.22. The molecule has 2 atom stereocenters. The molecular formula is C21H21N3O4. The highest BCUT2D eigenvalue weighted by molar-refractivity contribution is 5.95. The number of nitrogens with zero attached hydrogens (tertiary/aromatic N) is 3. The minimum absolute atomic E-state index is 0.162. The van der Waals surface area contributed by atoms with Gasteiger partial charge in [0.2, 0.25) is 11.8 Å². The van der Waals surface area contributed by atoms with Crippen molar-refractivity contribution in [3.05, 3.63) is 59.7 Å². The van der Waals surface area contributed by atoms with E-state index in [2.05, 4.69) is 10.2 Å². The highest BCUT2D eigenvalue weighted by atomic mass is 16.4. The highest BCUT2D eigenvalue weighted by Gasteiger charge is 2.34. The van der Waals surface area contributed by atoms with Crippen LogP contribution in [0.25, 0.3) is 22.9 Å². The van der Waals surface area contributed by atoms with Crippen LogP contribution in [0, 0.1) is 6.92 Å². The molecule has 1 amide bonds. The molecule has 1 fully saturated rings. The largest absolute Gasteiger partial charge is 0.416 e. The van der Waals surface area contributed by atoms with Gasteiger partial charge >= 0.3 is 0 Å². The second-order valence-corrected chi connectivity index (χ2v) is 7.04. The summed E-state index contributed by atoms with van der Waals surface area (Å²) in [4.78, 5) is 14.2. The number of carbonyl (C=O) groups is 1. The summed E-state index contributed by atoms with van der Waals surface area (Å²) in [5, 5.41) is 27.4. The summed E-state index contributed by atoms with van der Waals surface area (Å²) in [6.45, 7) is 2.08. The fourth-order valence-electron chi connectivity index (χ4n) is 3.39. The molecular weight excluding hydrogens is 358 g/mol. The molecule has 2 N–H and O–H groups in total. The van der Waals surface area contributed by atoms with Crippen LogP contribution in [-0.2, 0) is 0 Å². The number of β-amino-alcohol motifs (C(OH)–C–C–N with tert-alkyl or cyclic N) is 1. The molecule has 0 aliphatic carbocycles. The lowest BCUT2D eigenvalue weighted by molar-refractivity contribution is 0.0665. The normalized spacial score (nSPS) is 19.2. The maximum Gasteiger partial charge on any atom is 0.254 e. The van der Waals surface area contributed by atoms with Gasteiger partial charge in [0.25, 0.3) is 5.91 Å². The van der Waals surface area contributed by atoms with E-state index in [9.17, 15) is 15.0 Å². The van der Waals surface area contributed by atoms with Crippen LogP contribution < -0.4 is 0 Å². The fraction of sp³-hybridized carbons (Fsp3) is 0.286. The van der Waals surface area contributed by atoms with Crippen LogP contribution in [0.4, 0.5) is 0 Å². The minimum atomic E-state index is -0.598. The van der Waals surface area contributed by atoms with Crippen LogP contribution in [0.3, 0.4) is 0 Å². The monoisotopic (exact) mass is 379 g/mol. The van der Waals surface area contributed by atoms with Gasteiger partial charge in [0, 0.05) is 23.2 Å². The molecule has 0 saturated carbocycles. The Labute approximate surface area is 162 Å². The molecule has 0 bridgehead atoms. The van der Waals surface area contributed by atoms with E-state index in [0.717, 1.165) is 11.1 Å². The van der Waals surface area contributed by atoms with Gasteiger partial charge in [0.15, 0.2) is 0 Å². The average Bonchev–Trinajstić information content (AvgIpc) is 3.35.